The van der Waals surface area contributed by atoms with Crippen LogP contribution in [-0.4, -0.2) is 35.6 Å². The van der Waals surface area contributed by atoms with Gasteiger partial charge in [0, 0.05) is 5.54 Å². The predicted molar refractivity (Wildman–Crippen MR) is 70.1 cm³/mol. The molecule has 100 valence electrons. The highest BCUT2D eigenvalue weighted by molar-refractivity contribution is 5.68. The van der Waals surface area contributed by atoms with E-state index in [-0.39, 0.29) is 17.4 Å². The Hall–Kier alpha value is -0.570. The molecule has 0 aromatic heterocycles. The zero-order valence-corrected chi connectivity index (χ0v) is 11.9. The lowest BCUT2D eigenvalue weighted by Gasteiger charge is -2.53. The molecule has 1 fully saturated rings. The van der Waals surface area contributed by atoms with Gasteiger partial charge in [0.15, 0.2) is 0 Å². The Kier molecular flexibility index (Phi) is 4.23. The van der Waals surface area contributed by atoms with Crippen molar-refractivity contribution in [3.63, 3.8) is 0 Å². The van der Waals surface area contributed by atoms with Gasteiger partial charge in [-0.3, -0.25) is 4.79 Å². The molecule has 0 spiro atoms. The first-order chi connectivity index (χ1) is 7.70. The number of carboxylic acid groups (broad SMARTS) is 1. The van der Waals surface area contributed by atoms with Crippen LogP contribution in [0.1, 0.15) is 52.9 Å². The number of nitrogens with zero attached hydrogens (tertiary/aromatic N) is 1. The van der Waals surface area contributed by atoms with Crippen LogP contribution in [0, 0.1) is 11.3 Å². The summed E-state index contributed by atoms with van der Waals surface area (Å²) in [5, 5.41) is 9.24. The van der Waals surface area contributed by atoms with Gasteiger partial charge in [0.25, 0.3) is 0 Å². The molecule has 0 radical (unpaired) electrons. The molecule has 1 N–H and O–H groups in total. The second kappa shape index (κ2) is 4.97. The third-order valence-electron chi connectivity index (χ3n) is 4.39. The van der Waals surface area contributed by atoms with E-state index in [9.17, 15) is 9.90 Å². The van der Waals surface area contributed by atoms with Gasteiger partial charge in [0.1, 0.15) is 0 Å². The van der Waals surface area contributed by atoms with Gasteiger partial charge >= 0.3 is 5.97 Å². The number of rotatable bonds is 3. The maximum atomic E-state index is 11.2. The minimum Gasteiger partial charge on any atom is -0.481 e. The van der Waals surface area contributed by atoms with Crippen molar-refractivity contribution in [1.82, 2.24) is 4.90 Å². The summed E-state index contributed by atoms with van der Waals surface area (Å²) in [6, 6.07) is 0. The summed E-state index contributed by atoms with van der Waals surface area (Å²) in [5.41, 5.74) is 0.00245. The zero-order chi connectivity index (χ0) is 13.3. The van der Waals surface area contributed by atoms with Crippen LogP contribution < -0.4 is 0 Å². The summed E-state index contributed by atoms with van der Waals surface area (Å²) in [6.07, 6.45) is 4.81. The van der Waals surface area contributed by atoms with E-state index in [0.29, 0.717) is 5.92 Å². The summed E-state index contributed by atoms with van der Waals surface area (Å²) in [6.45, 7) is 6.72. The second-order valence-corrected chi connectivity index (χ2v) is 6.73. The lowest BCUT2D eigenvalue weighted by molar-refractivity contribution is -0.143. The molecular formula is C14H27NO2. The Balaban J connectivity index is 3.09. The van der Waals surface area contributed by atoms with Gasteiger partial charge in [-0.15, -0.1) is 0 Å². The molecule has 1 rings (SSSR count). The first-order valence-corrected chi connectivity index (χ1v) is 6.59. The highest BCUT2D eigenvalue weighted by Gasteiger charge is 2.48. The number of carboxylic acids is 1. The first kappa shape index (κ1) is 14.5. The largest absolute Gasteiger partial charge is 0.481 e. The number of hydrogen-bond acceptors (Lipinski definition) is 2. The van der Waals surface area contributed by atoms with Crippen molar-refractivity contribution < 1.29 is 9.90 Å². The molecule has 2 atom stereocenters. The van der Waals surface area contributed by atoms with Crippen LogP contribution in [-0.2, 0) is 4.79 Å². The molecule has 1 aliphatic carbocycles. The number of carbonyl (C=O) groups is 1. The Morgan fingerprint density at radius 3 is 2.35 bits per heavy atom. The third kappa shape index (κ3) is 3.01. The fourth-order valence-electron chi connectivity index (χ4n) is 3.63. The molecule has 0 aromatic rings. The third-order valence-corrected chi connectivity index (χ3v) is 4.39. The van der Waals surface area contributed by atoms with Crippen molar-refractivity contribution in [2.45, 2.75) is 58.4 Å². The normalized spacial score (nSPS) is 30.6. The molecule has 0 aliphatic heterocycles. The summed E-state index contributed by atoms with van der Waals surface area (Å²) in [4.78, 5) is 13.4. The van der Waals surface area contributed by atoms with Crippen molar-refractivity contribution in [3.8, 4) is 0 Å². The summed E-state index contributed by atoms with van der Waals surface area (Å²) >= 11 is 0. The standard InChI is InChI=1S/C14H27NO2/c1-13(2,3)11-8-6-7-9-14(11,15(4)5)10-12(16)17/h11H,6-10H2,1-5H3,(H,16,17). The highest BCUT2D eigenvalue weighted by Crippen LogP contribution is 2.48. The van der Waals surface area contributed by atoms with Crippen molar-refractivity contribution in [1.29, 1.82) is 0 Å². The summed E-state index contributed by atoms with van der Waals surface area (Å²) in [7, 11) is 4.07. The van der Waals surface area contributed by atoms with Gasteiger partial charge in [0.2, 0.25) is 0 Å². The van der Waals surface area contributed by atoms with Crippen LogP contribution in [0.5, 0.6) is 0 Å². The van der Waals surface area contributed by atoms with Gasteiger partial charge < -0.3 is 10.0 Å². The molecule has 2 unspecified atom stereocenters. The maximum absolute atomic E-state index is 11.2. The van der Waals surface area contributed by atoms with E-state index >= 15 is 0 Å². The monoisotopic (exact) mass is 241 g/mol. The van der Waals surface area contributed by atoms with Gasteiger partial charge in [-0.2, -0.15) is 0 Å². The smallest absolute Gasteiger partial charge is 0.305 e. The second-order valence-electron chi connectivity index (χ2n) is 6.73. The van der Waals surface area contributed by atoms with Crippen LogP contribution >= 0.6 is 0 Å². The Morgan fingerprint density at radius 1 is 1.35 bits per heavy atom. The average Bonchev–Trinajstić information content (AvgIpc) is 2.15. The molecule has 0 saturated heterocycles. The molecule has 17 heavy (non-hydrogen) atoms. The van der Waals surface area contributed by atoms with Crippen LogP contribution in [0.4, 0.5) is 0 Å². The van der Waals surface area contributed by atoms with Gasteiger partial charge in [-0.25, -0.2) is 0 Å². The van der Waals surface area contributed by atoms with E-state index in [2.05, 4.69) is 25.7 Å². The summed E-state index contributed by atoms with van der Waals surface area (Å²) in [5.74, 6) is -0.218. The molecule has 1 saturated carbocycles. The molecule has 3 nitrogen and oxygen atoms in total. The van der Waals surface area contributed by atoms with Gasteiger partial charge in [0.05, 0.1) is 6.42 Å². The quantitative estimate of drug-likeness (QED) is 0.825. The fraction of sp³-hybridized carbons (Fsp3) is 0.929. The van der Waals surface area contributed by atoms with E-state index in [4.69, 9.17) is 0 Å². The molecule has 0 amide bonds. The number of aliphatic carboxylic acids is 1. The lowest BCUT2D eigenvalue weighted by Crippen LogP contribution is -2.57. The average molecular weight is 241 g/mol. The Bertz CT molecular complexity index is 280. The SMILES string of the molecule is CN(C)C1(CC(=O)O)CCCCC1C(C)(C)C. The first-order valence-electron chi connectivity index (χ1n) is 6.59. The Labute approximate surface area is 105 Å². The van der Waals surface area contributed by atoms with E-state index in [1.54, 1.807) is 0 Å². The van der Waals surface area contributed by atoms with Crippen LogP contribution in [0.15, 0.2) is 0 Å². The number of hydrogen-bond donors (Lipinski definition) is 1. The van der Waals surface area contributed by atoms with Crippen molar-refractivity contribution in [2.75, 3.05) is 14.1 Å². The highest BCUT2D eigenvalue weighted by atomic mass is 16.4. The predicted octanol–water partition coefficient (Wildman–Crippen LogP) is 3.00. The molecule has 1 aliphatic rings. The zero-order valence-electron chi connectivity index (χ0n) is 11.9. The van der Waals surface area contributed by atoms with E-state index < -0.39 is 5.97 Å². The molecular weight excluding hydrogens is 214 g/mol. The summed E-state index contributed by atoms with van der Waals surface area (Å²) < 4.78 is 0. The molecule has 0 heterocycles. The van der Waals surface area contributed by atoms with Gasteiger partial charge in [-0.1, -0.05) is 33.6 Å². The topological polar surface area (TPSA) is 40.5 Å². The van der Waals surface area contributed by atoms with Crippen molar-refractivity contribution in [2.24, 2.45) is 11.3 Å². The van der Waals surface area contributed by atoms with Crippen LogP contribution in [0.3, 0.4) is 0 Å². The van der Waals surface area contributed by atoms with Crippen LogP contribution in [0.25, 0.3) is 0 Å². The molecule has 3 heteroatoms. The minimum absolute atomic E-state index is 0.164. The minimum atomic E-state index is -0.671. The Morgan fingerprint density at radius 2 is 1.94 bits per heavy atom. The van der Waals surface area contributed by atoms with Crippen molar-refractivity contribution >= 4 is 5.97 Å². The van der Waals surface area contributed by atoms with E-state index in [1.807, 2.05) is 14.1 Å². The van der Waals surface area contributed by atoms with E-state index in [0.717, 1.165) is 19.3 Å². The molecule has 0 bridgehead atoms. The maximum Gasteiger partial charge on any atom is 0.305 e. The van der Waals surface area contributed by atoms with E-state index in [1.165, 1.54) is 6.42 Å². The molecule has 0 aromatic carbocycles. The van der Waals surface area contributed by atoms with Crippen LogP contribution in [0.2, 0.25) is 0 Å². The fourth-order valence-corrected chi connectivity index (χ4v) is 3.63. The van der Waals surface area contributed by atoms with Crippen molar-refractivity contribution in [3.05, 3.63) is 0 Å². The lowest BCUT2D eigenvalue weighted by atomic mass is 9.60. The van der Waals surface area contributed by atoms with Gasteiger partial charge in [-0.05, 0) is 38.3 Å².